The second kappa shape index (κ2) is 10.6. The van der Waals surface area contributed by atoms with E-state index in [4.69, 9.17) is 4.74 Å². The predicted molar refractivity (Wildman–Crippen MR) is 119 cm³/mol. The standard InChI is InChI=1S/C22H18F3N3O4S/c1-12(29)26-14-7-8-15(16(23)10-14)17-11-33-22(27-17)28-19(30)9-6-13-4-3-5-18(31-2)20(13)32-21(24)25/h3-11,21H,1-2H3,(H,26,29)(H,27,28,30)/b9-6+. The fourth-order valence-corrected chi connectivity index (χ4v) is 3.52. The molecule has 0 radical (unpaired) electrons. The molecule has 0 saturated carbocycles. The van der Waals surface area contributed by atoms with Crippen LogP contribution in [0.2, 0.25) is 0 Å². The SMILES string of the molecule is COc1cccc(/C=C/C(=O)Nc2nc(-c3ccc(NC(C)=O)cc3F)cs2)c1OC(F)F. The third-order valence-corrected chi connectivity index (χ3v) is 4.91. The smallest absolute Gasteiger partial charge is 0.387 e. The van der Waals surface area contributed by atoms with Crippen LogP contribution in [-0.4, -0.2) is 30.5 Å². The van der Waals surface area contributed by atoms with Gasteiger partial charge in [-0.05, 0) is 30.3 Å². The lowest BCUT2D eigenvalue weighted by molar-refractivity contribution is -0.114. The Bertz CT molecular complexity index is 1200. The van der Waals surface area contributed by atoms with E-state index in [1.165, 1.54) is 50.4 Å². The van der Waals surface area contributed by atoms with Crippen LogP contribution in [-0.2, 0) is 9.59 Å². The van der Waals surface area contributed by atoms with Crippen molar-refractivity contribution >= 4 is 40.0 Å². The highest BCUT2D eigenvalue weighted by atomic mass is 32.1. The average molecular weight is 477 g/mol. The van der Waals surface area contributed by atoms with E-state index in [1.807, 2.05) is 0 Å². The van der Waals surface area contributed by atoms with Gasteiger partial charge in [0.2, 0.25) is 11.8 Å². The van der Waals surface area contributed by atoms with Gasteiger partial charge in [-0.1, -0.05) is 12.1 Å². The van der Waals surface area contributed by atoms with E-state index in [0.29, 0.717) is 11.4 Å². The highest BCUT2D eigenvalue weighted by Crippen LogP contribution is 2.33. The number of anilines is 2. The number of thiazole rings is 1. The molecular formula is C22H18F3N3O4S. The van der Waals surface area contributed by atoms with Crippen LogP contribution in [0, 0.1) is 5.82 Å². The largest absolute Gasteiger partial charge is 0.493 e. The molecule has 1 heterocycles. The monoisotopic (exact) mass is 477 g/mol. The minimum Gasteiger partial charge on any atom is -0.493 e. The van der Waals surface area contributed by atoms with Gasteiger partial charge in [-0.25, -0.2) is 9.37 Å². The molecule has 0 saturated heterocycles. The van der Waals surface area contributed by atoms with Gasteiger partial charge in [-0.3, -0.25) is 14.9 Å². The average Bonchev–Trinajstić information content (AvgIpc) is 3.20. The summed E-state index contributed by atoms with van der Waals surface area (Å²) in [7, 11) is 1.31. The van der Waals surface area contributed by atoms with Crippen molar-refractivity contribution in [3.63, 3.8) is 0 Å². The van der Waals surface area contributed by atoms with Crippen molar-refractivity contribution in [2.24, 2.45) is 0 Å². The second-order valence-electron chi connectivity index (χ2n) is 6.49. The summed E-state index contributed by atoms with van der Waals surface area (Å²) in [5.41, 5.74) is 1.02. The number of carbonyl (C=O) groups is 2. The van der Waals surface area contributed by atoms with Gasteiger partial charge < -0.3 is 14.8 Å². The van der Waals surface area contributed by atoms with Crippen molar-refractivity contribution in [3.8, 4) is 22.8 Å². The number of para-hydroxylation sites is 1. The molecule has 172 valence electrons. The van der Waals surface area contributed by atoms with E-state index in [2.05, 4.69) is 20.4 Å². The quantitative estimate of drug-likeness (QED) is 0.437. The molecule has 0 bridgehead atoms. The van der Waals surface area contributed by atoms with E-state index in [0.717, 1.165) is 17.4 Å². The van der Waals surface area contributed by atoms with E-state index in [9.17, 15) is 22.8 Å². The third-order valence-electron chi connectivity index (χ3n) is 4.15. The summed E-state index contributed by atoms with van der Waals surface area (Å²) in [5, 5.41) is 6.78. The number of amides is 2. The Balaban J connectivity index is 1.72. The lowest BCUT2D eigenvalue weighted by Crippen LogP contribution is -2.08. The van der Waals surface area contributed by atoms with Gasteiger partial charge in [0.15, 0.2) is 16.6 Å². The summed E-state index contributed by atoms with van der Waals surface area (Å²) in [4.78, 5) is 27.6. The Labute approximate surface area is 190 Å². The number of carbonyl (C=O) groups excluding carboxylic acids is 2. The number of halogens is 3. The molecule has 1 aromatic heterocycles. The van der Waals surface area contributed by atoms with Crippen LogP contribution in [0.5, 0.6) is 11.5 Å². The lowest BCUT2D eigenvalue weighted by Gasteiger charge is -2.12. The van der Waals surface area contributed by atoms with Crippen LogP contribution in [0.15, 0.2) is 47.9 Å². The van der Waals surface area contributed by atoms with Gasteiger partial charge in [0, 0.05) is 35.2 Å². The molecule has 3 aromatic rings. The topological polar surface area (TPSA) is 89.5 Å². The van der Waals surface area contributed by atoms with Gasteiger partial charge in [0.05, 0.1) is 12.8 Å². The van der Waals surface area contributed by atoms with Crippen molar-refractivity contribution in [1.29, 1.82) is 0 Å². The van der Waals surface area contributed by atoms with Crippen LogP contribution >= 0.6 is 11.3 Å². The first-order chi connectivity index (χ1) is 15.8. The van der Waals surface area contributed by atoms with E-state index >= 15 is 0 Å². The molecular weight excluding hydrogens is 459 g/mol. The normalized spacial score (nSPS) is 11.0. The number of nitrogens with one attached hydrogen (secondary N) is 2. The minimum atomic E-state index is -3.07. The van der Waals surface area contributed by atoms with Crippen molar-refractivity contribution in [3.05, 3.63) is 59.2 Å². The zero-order valence-electron chi connectivity index (χ0n) is 17.4. The Kier molecular flexibility index (Phi) is 7.67. The number of methoxy groups -OCH3 is 1. The highest BCUT2D eigenvalue weighted by molar-refractivity contribution is 7.14. The van der Waals surface area contributed by atoms with Gasteiger partial charge in [-0.15, -0.1) is 11.3 Å². The fourth-order valence-electron chi connectivity index (χ4n) is 2.81. The Morgan fingerprint density at radius 2 is 1.97 bits per heavy atom. The number of benzene rings is 2. The molecule has 11 heteroatoms. The van der Waals surface area contributed by atoms with Crippen LogP contribution in [0.3, 0.4) is 0 Å². The molecule has 0 spiro atoms. The van der Waals surface area contributed by atoms with Crippen molar-refractivity contribution in [2.75, 3.05) is 17.7 Å². The van der Waals surface area contributed by atoms with Crippen molar-refractivity contribution < 1.29 is 32.2 Å². The maximum atomic E-state index is 14.4. The maximum Gasteiger partial charge on any atom is 0.387 e. The molecule has 0 aliphatic carbocycles. The molecule has 0 atom stereocenters. The molecule has 0 fully saturated rings. The second-order valence-corrected chi connectivity index (χ2v) is 7.35. The highest BCUT2D eigenvalue weighted by Gasteiger charge is 2.15. The zero-order valence-corrected chi connectivity index (χ0v) is 18.2. The number of aromatic nitrogens is 1. The molecule has 2 amide bonds. The Hall–Kier alpha value is -3.86. The molecule has 7 nitrogen and oxygen atoms in total. The minimum absolute atomic E-state index is 0.0916. The van der Waals surface area contributed by atoms with Crippen molar-refractivity contribution in [2.45, 2.75) is 13.5 Å². The first-order valence-corrected chi connectivity index (χ1v) is 10.3. The fraction of sp³-hybridized carbons (Fsp3) is 0.136. The van der Waals surface area contributed by atoms with E-state index < -0.39 is 18.3 Å². The number of nitrogens with zero attached hydrogens (tertiary/aromatic N) is 1. The number of alkyl halides is 2. The summed E-state index contributed by atoms with van der Waals surface area (Å²) in [6, 6.07) is 8.67. The van der Waals surface area contributed by atoms with E-state index in [1.54, 1.807) is 11.4 Å². The van der Waals surface area contributed by atoms with E-state index in [-0.39, 0.29) is 33.7 Å². The molecule has 0 aliphatic rings. The molecule has 3 rings (SSSR count). The van der Waals surface area contributed by atoms with Gasteiger partial charge in [0.1, 0.15) is 5.82 Å². The summed E-state index contributed by atoms with van der Waals surface area (Å²) in [5.74, 6) is -1.60. The number of rotatable bonds is 8. The Morgan fingerprint density at radius 3 is 2.64 bits per heavy atom. The van der Waals surface area contributed by atoms with Crippen LogP contribution in [0.25, 0.3) is 17.3 Å². The lowest BCUT2D eigenvalue weighted by atomic mass is 10.1. The molecule has 2 aromatic carbocycles. The Morgan fingerprint density at radius 1 is 1.18 bits per heavy atom. The number of hydrogen-bond donors (Lipinski definition) is 2. The van der Waals surface area contributed by atoms with Gasteiger partial charge >= 0.3 is 6.61 Å². The van der Waals surface area contributed by atoms with Gasteiger partial charge in [0.25, 0.3) is 0 Å². The summed E-state index contributed by atoms with van der Waals surface area (Å²) < 4.78 is 49.4. The van der Waals surface area contributed by atoms with Crippen LogP contribution < -0.4 is 20.1 Å². The molecule has 0 aliphatic heterocycles. The van der Waals surface area contributed by atoms with Crippen molar-refractivity contribution in [1.82, 2.24) is 4.98 Å². The number of hydrogen-bond acceptors (Lipinski definition) is 6. The summed E-state index contributed by atoms with van der Waals surface area (Å²) in [6.07, 6.45) is 2.42. The molecule has 0 unspecified atom stereocenters. The first-order valence-electron chi connectivity index (χ1n) is 9.40. The molecule has 2 N–H and O–H groups in total. The third kappa shape index (κ3) is 6.32. The first kappa shape index (κ1) is 23.8. The summed E-state index contributed by atoms with van der Waals surface area (Å²) in [6.45, 7) is -1.75. The number of ether oxygens (including phenoxy) is 2. The van der Waals surface area contributed by atoms with Crippen LogP contribution in [0.4, 0.5) is 24.0 Å². The van der Waals surface area contributed by atoms with Gasteiger partial charge in [-0.2, -0.15) is 8.78 Å². The summed E-state index contributed by atoms with van der Waals surface area (Å²) >= 11 is 1.08. The van der Waals surface area contributed by atoms with Crippen LogP contribution in [0.1, 0.15) is 12.5 Å². The molecule has 33 heavy (non-hydrogen) atoms. The zero-order chi connectivity index (χ0) is 24.0. The predicted octanol–water partition coefficient (Wildman–Crippen LogP) is 5.17. The maximum absolute atomic E-state index is 14.4.